The van der Waals surface area contributed by atoms with Gasteiger partial charge in [0.05, 0.1) is 24.0 Å². The standard InChI is InChI=1S/C15H12Cl4O3/c16-14(17)8-2-1-3-5-4(2)10(6(8)12(14)20)22-11(5)7-9(3)15(18,19)13(7)21/h2-11H,1H2/t2?,3?,4?,5?,6-,7+,8-,9+,10?,11?. The molecule has 0 spiro atoms. The predicted molar refractivity (Wildman–Crippen MR) is 80.1 cm³/mol. The van der Waals surface area contributed by atoms with Crippen molar-refractivity contribution in [2.75, 3.05) is 0 Å². The average molecular weight is 382 g/mol. The fourth-order valence-corrected chi connectivity index (χ4v) is 8.74. The highest BCUT2D eigenvalue weighted by molar-refractivity contribution is 6.61. The molecule has 10 atom stereocenters. The third-order valence-electron chi connectivity index (χ3n) is 7.55. The summed E-state index contributed by atoms with van der Waals surface area (Å²) >= 11 is 25.1. The lowest BCUT2D eigenvalue weighted by molar-refractivity contribution is -0.150. The van der Waals surface area contributed by atoms with Gasteiger partial charge < -0.3 is 4.74 Å². The smallest absolute Gasteiger partial charge is 0.180 e. The predicted octanol–water partition coefficient (Wildman–Crippen LogP) is 2.63. The topological polar surface area (TPSA) is 43.4 Å². The van der Waals surface area contributed by atoms with Crippen molar-refractivity contribution in [1.29, 1.82) is 0 Å². The normalized spacial score (nSPS) is 64.0. The monoisotopic (exact) mass is 380 g/mol. The minimum absolute atomic E-state index is 0.0147. The first kappa shape index (κ1) is 13.7. The van der Waals surface area contributed by atoms with Gasteiger partial charge in [0.25, 0.3) is 0 Å². The number of carbonyl (C=O) groups is 2. The van der Waals surface area contributed by atoms with Gasteiger partial charge in [-0.25, -0.2) is 0 Å². The molecule has 0 amide bonds. The van der Waals surface area contributed by atoms with Crippen molar-refractivity contribution in [3.63, 3.8) is 0 Å². The van der Waals surface area contributed by atoms with E-state index in [1.165, 1.54) is 0 Å². The Hall–Kier alpha value is 0.460. The second-order valence-corrected chi connectivity index (χ2v) is 10.6. The molecule has 0 N–H and O–H groups in total. The molecule has 6 rings (SSSR count). The number of ether oxygens (including phenoxy) is 1. The van der Waals surface area contributed by atoms with Crippen molar-refractivity contribution < 1.29 is 14.3 Å². The SMILES string of the molecule is O=C1[C@H]2C3OC4C5C3C(CC5[C@H]3[C@@H]4C(=O)C3(Cl)Cl)[C@H]2C1(Cl)Cl. The maximum atomic E-state index is 12.3. The van der Waals surface area contributed by atoms with Gasteiger partial charge in [-0.2, -0.15) is 0 Å². The molecule has 0 radical (unpaired) electrons. The molecular formula is C15H12Cl4O3. The minimum Gasteiger partial charge on any atom is -0.373 e. The van der Waals surface area contributed by atoms with E-state index in [2.05, 4.69) is 0 Å². The van der Waals surface area contributed by atoms with E-state index in [1.807, 2.05) is 0 Å². The Morgan fingerprint density at radius 3 is 1.64 bits per heavy atom. The van der Waals surface area contributed by atoms with E-state index in [4.69, 9.17) is 51.1 Å². The summed E-state index contributed by atoms with van der Waals surface area (Å²) in [4.78, 5) is 24.5. The van der Waals surface area contributed by atoms with Crippen molar-refractivity contribution in [3.05, 3.63) is 0 Å². The molecule has 0 aromatic carbocycles. The first-order chi connectivity index (χ1) is 10.3. The molecule has 0 aromatic rings. The van der Waals surface area contributed by atoms with Crippen molar-refractivity contribution >= 4 is 58.0 Å². The Morgan fingerprint density at radius 1 is 0.818 bits per heavy atom. The zero-order valence-corrected chi connectivity index (χ0v) is 14.2. The van der Waals surface area contributed by atoms with E-state index in [0.717, 1.165) is 6.42 Å². The molecule has 5 aliphatic carbocycles. The third-order valence-corrected chi connectivity index (χ3v) is 9.31. The number of carbonyl (C=O) groups excluding carboxylic acids is 2. The van der Waals surface area contributed by atoms with Gasteiger partial charge in [0.1, 0.15) is 0 Å². The second kappa shape index (κ2) is 3.53. The van der Waals surface area contributed by atoms with Gasteiger partial charge in [-0.1, -0.05) is 46.4 Å². The molecule has 5 saturated carbocycles. The molecule has 6 fully saturated rings. The largest absolute Gasteiger partial charge is 0.373 e. The van der Waals surface area contributed by atoms with Crippen molar-refractivity contribution in [2.24, 2.45) is 47.3 Å². The zero-order valence-electron chi connectivity index (χ0n) is 11.2. The van der Waals surface area contributed by atoms with Crippen LogP contribution in [0.15, 0.2) is 0 Å². The average Bonchev–Trinajstić information content (AvgIpc) is 3.12. The number of ketones is 2. The van der Waals surface area contributed by atoms with Crippen LogP contribution in [-0.2, 0) is 14.3 Å². The van der Waals surface area contributed by atoms with Gasteiger partial charge in [0.2, 0.25) is 0 Å². The quantitative estimate of drug-likeness (QED) is 0.606. The summed E-state index contributed by atoms with van der Waals surface area (Å²) in [6, 6.07) is 0. The molecule has 3 nitrogen and oxygen atoms in total. The van der Waals surface area contributed by atoms with Crippen LogP contribution in [0.25, 0.3) is 0 Å². The Balaban J connectivity index is 1.44. The molecule has 7 heteroatoms. The molecule has 22 heavy (non-hydrogen) atoms. The Morgan fingerprint density at radius 2 is 1.23 bits per heavy atom. The van der Waals surface area contributed by atoms with Crippen LogP contribution >= 0.6 is 46.4 Å². The number of hydrogen-bond acceptors (Lipinski definition) is 3. The van der Waals surface area contributed by atoms with Gasteiger partial charge in [-0.05, 0) is 30.1 Å². The fraction of sp³-hybridized carbons (Fsp3) is 0.867. The van der Waals surface area contributed by atoms with E-state index >= 15 is 0 Å². The van der Waals surface area contributed by atoms with Crippen molar-refractivity contribution in [3.8, 4) is 0 Å². The highest BCUT2D eigenvalue weighted by atomic mass is 35.5. The fourth-order valence-electron chi connectivity index (χ4n) is 7.04. The zero-order chi connectivity index (χ0) is 15.3. The Labute approximate surface area is 146 Å². The molecular weight excluding hydrogens is 370 g/mol. The maximum absolute atomic E-state index is 12.3. The van der Waals surface area contributed by atoms with Crippen molar-refractivity contribution in [2.45, 2.75) is 27.3 Å². The molecule has 118 valence electrons. The van der Waals surface area contributed by atoms with Crippen LogP contribution in [0.5, 0.6) is 0 Å². The Kier molecular flexibility index (Phi) is 2.20. The van der Waals surface area contributed by atoms with E-state index in [0.29, 0.717) is 11.8 Å². The molecule has 1 heterocycles. The summed E-state index contributed by atoms with van der Waals surface area (Å²) in [5, 5.41) is 0. The first-order valence-corrected chi connectivity index (χ1v) is 9.29. The van der Waals surface area contributed by atoms with E-state index < -0.39 is 8.67 Å². The van der Waals surface area contributed by atoms with E-state index in [-0.39, 0.29) is 59.3 Å². The molecule has 1 saturated heterocycles. The lowest BCUT2D eigenvalue weighted by atomic mass is 9.65. The highest BCUT2D eigenvalue weighted by Gasteiger charge is 2.84. The summed E-state index contributed by atoms with van der Waals surface area (Å²) in [7, 11) is 0. The molecule has 0 bridgehead atoms. The molecule has 6 aliphatic rings. The van der Waals surface area contributed by atoms with Crippen LogP contribution in [-0.4, -0.2) is 32.4 Å². The number of halogens is 4. The van der Waals surface area contributed by atoms with E-state index in [1.54, 1.807) is 0 Å². The van der Waals surface area contributed by atoms with Crippen LogP contribution in [0.3, 0.4) is 0 Å². The summed E-state index contributed by atoms with van der Waals surface area (Å²) in [5.74, 6) is 0.579. The lowest BCUT2D eigenvalue weighted by Gasteiger charge is -2.49. The highest BCUT2D eigenvalue weighted by Crippen LogP contribution is 2.77. The van der Waals surface area contributed by atoms with Gasteiger partial charge in [0, 0.05) is 11.8 Å². The van der Waals surface area contributed by atoms with Crippen LogP contribution < -0.4 is 0 Å². The van der Waals surface area contributed by atoms with Gasteiger partial charge in [0.15, 0.2) is 20.2 Å². The first-order valence-electron chi connectivity index (χ1n) is 7.77. The molecule has 0 aromatic heterocycles. The van der Waals surface area contributed by atoms with Crippen molar-refractivity contribution in [1.82, 2.24) is 0 Å². The van der Waals surface area contributed by atoms with Gasteiger partial charge in [-0.3, -0.25) is 9.59 Å². The molecule has 6 unspecified atom stereocenters. The summed E-state index contributed by atoms with van der Waals surface area (Å²) < 4.78 is 3.71. The number of hydrogen-bond donors (Lipinski definition) is 0. The Bertz CT molecular complexity index is 607. The summed E-state index contributed by atoms with van der Waals surface area (Å²) in [6.07, 6.45) is 0.696. The number of rotatable bonds is 0. The molecule has 1 aliphatic heterocycles. The second-order valence-electron chi connectivity index (χ2n) is 7.86. The van der Waals surface area contributed by atoms with Crippen LogP contribution in [0, 0.1) is 47.3 Å². The number of alkyl halides is 4. The van der Waals surface area contributed by atoms with Gasteiger partial charge in [-0.15, -0.1) is 0 Å². The summed E-state index contributed by atoms with van der Waals surface area (Å²) in [5.41, 5.74) is 0. The van der Waals surface area contributed by atoms with Crippen LogP contribution in [0.4, 0.5) is 0 Å². The maximum Gasteiger partial charge on any atom is 0.180 e. The number of fused-ring (bicyclic) bond motifs is 6. The van der Waals surface area contributed by atoms with Gasteiger partial charge >= 0.3 is 0 Å². The number of Topliss-reactive ketones (excluding diaryl/α,β-unsaturated/α-hetero) is 2. The van der Waals surface area contributed by atoms with Crippen LogP contribution in [0.1, 0.15) is 6.42 Å². The van der Waals surface area contributed by atoms with Crippen LogP contribution in [0.2, 0.25) is 0 Å². The summed E-state index contributed by atoms with van der Waals surface area (Å²) in [6.45, 7) is 0. The minimum atomic E-state index is -1.26. The lowest BCUT2D eigenvalue weighted by Crippen LogP contribution is -2.61. The third kappa shape index (κ3) is 1.09. The van der Waals surface area contributed by atoms with E-state index in [9.17, 15) is 9.59 Å².